The molecule has 0 radical (unpaired) electrons. The van der Waals surface area contributed by atoms with Crippen molar-refractivity contribution in [2.24, 2.45) is 0 Å². The van der Waals surface area contributed by atoms with Crippen LogP contribution < -0.4 is 10.5 Å². The predicted octanol–water partition coefficient (Wildman–Crippen LogP) is 1.36. The number of nitrogens with zero attached hydrogens (tertiary/aromatic N) is 3. The van der Waals surface area contributed by atoms with Crippen LogP contribution in [-0.4, -0.2) is 33.6 Å². The number of benzene rings is 1. The van der Waals surface area contributed by atoms with Crippen molar-refractivity contribution in [2.75, 3.05) is 11.6 Å². The molecule has 0 fully saturated rings. The maximum Gasteiger partial charge on any atom is 0.327 e. The molecule has 0 bridgehead atoms. The number of para-hydroxylation sites is 1. The van der Waals surface area contributed by atoms with Gasteiger partial charge in [-0.25, -0.2) is 13.9 Å². The molecular weight excluding hydrogens is 289 g/mol. The van der Waals surface area contributed by atoms with E-state index in [1.54, 1.807) is 4.90 Å². The zero-order valence-electron chi connectivity index (χ0n) is 11.6. The van der Waals surface area contributed by atoms with Gasteiger partial charge in [0, 0.05) is 18.2 Å². The maximum atomic E-state index is 12.5. The first kappa shape index (κ1) is 14.2. The maximum absolute atomic E-state index is 12.5. The Hall–Kier alpha value is -2.70. The third-order valence-electron chi connectivity index (χ3n) is 3.66. The Kier molecular flexibility index (Phi) is 3.62. The van der Waals surface area contributed by atoms with Crippen molar-refractivity contribution in [3.05, 3.63) is 52.3 Å². The van der Waals surface area contributed by atoms with E-state index in [1.165, 1.54) is 12.1 Å². The summed E-state index contributed by atoms with van der Waals surface area (Å²) in [6.45, 7) is -0.866. The fourth-order valence-corrected chi connectivity index (χ4v) is 2.67. The second kappa shape index (κ2) is 5.59. The summed E-state index contributed by atoms with van der Waals surface area (Å²) in [7, 11) is 0. The second-order valence-electron chi connectivity index (χ2n) is 5.00. The molecule has 1 N–H and O–H groups in total. The molecule has 1 aliphatic rings. The Morgan fingerprint density at radius 1 is 1.32 bits per heavy atom. The monoisotopic (exact) mass is 303 g/mol. The summed E-state index contributed by atoms with van der Waals surface area (Å²) in [4.78, 5) is 24.7. The van der Waals surface area contributed by atoms with Gasteiger partial charge < -0.3 is 10.0 Å². The zero-order valence-corrected chi connectivity index (χ0v) is 11.6. The van der Waals surface area contributed by atoms with E-state index in [4.69, 9.17) is 0 Å². The standard InChI is InChI=1S/C15H14FN3O3/c16-7-8-18-14(20)6-5-13(17-18)19-11-4-2-1-3-10(11)9-12(19)15(21)22/h1-6,12H,7-9H2,(H,21,22). The number of aromatic nitrogens is 2. The molecule has 1 aliphatic heterocycles. The van der Waals surface area contributed by atoms with E-state index >= 15 is 0 Å². The lowest BCUT2D eigenvalue weighted by atomic mass is 10.1. The molecule has 114 valence electrons. The number of fused-ring (bicyclic) bond motifs is 1. The number of carbonyl (C=O) groups is 1. The number of aliphatic carboxylic acids is 1. The number of carboxylic acids is 1. The van der Waals surface area contributed by atoms with Gasteiger partial charge in [-0.2, -0.15) is 5.10 Å². The first-order valence-electron chi connectivity index (χ1n) is 6.86. The van der Waals surface area contributed by atoms with Gasteiger partial charge >= 0.3 is 5.97 Å². The van der Waals surface area contributed by atoms with Gasteiger partial charge in [-0.15, -0.1) is 0 Å². The Balaban J connectivity index is 2.10. The minimum Gasteiger partial charge on any atom is -0.480 e. The van der Waals surface area contributed by atoms with E-state index in [1.807, 2.05) is 24.3 Å². The van der Waals surface area contributed by atoms with Crippen LogP contribution in [0.25, 0.3) is 0 Å². The molecule has 0 amide bonds. The van der Waals surface area contributed by atoms with Gasteiger partial charge in [0.2, 0.25) is 0 Å². The molecule has 3 rings (SSSR count). The van der Waals surface area contributed by atoms with E-state index in [0.29, 0.717) is 12.2 Å². The van der Waals surface area contributed by atoms with Crippen LogP contribution in [0.5, 0.6) is 0 Å². The van der Waals surface area contributed by atoms with Gasteiger partial charge in [0.05, 0.1) is 6.54 Å². The number of anilines is 2. The summed E-state index contributed by atoms with van der Waals surface area (Å²) in [6, 6.07) is 9.29. The summed E-state index contributed by atoms with van der Waals surface area (Å²) < 4.78 is 13.5. The minimum atomic E-state index is -0.971. The lowest BCUT2D eigenvalue weighted by Gasteiger charge is -2.23. The van der Waals surface area contributed by atoms with Crippen molar-refractivity contribution in [2.45, 2.75) is 19.0 Å². The summed E-state index contributed by atoms with van der Waals surface area (Å²) in [5.74, 6) is -0.647. The summed E-state index contributed by atoms with van der Waals surface area (Å²) in [5, 5.41) is 13.5. The van der Waals surface area contributed by atoms with E-state index in [0.717, 1.165) is 15.9 Å². The number of alkyl halides is 1. The summed E-state index contributed by atoms with van der Waals surface area (Å²) in [5.41, 5.74) is 1.23. The van der Waals surface area contributed by atoms with Gasteiger partial charge in [-0.05, 0) is 17.7 Å². The molecule has 1 aromatic carbocycles. The van der Waals surface area contributed by atoms with Gasteiger partial charge in [-0.3, -0.25) is 4.79 Å². The van der Waals surface area contributed by atoms with Gasteiger partial charge in [0.25, 0.3) is 5.56 Å². The molecule has 0 saturated carbocycles. The van der Waals surface area contributed by atoms with Crippen LogP contribution in [0.2, 0.25) is 0 Å². The highest BCUT2D eigenvalue weighted by molar-refractivity contribution is 5.86. The predicted molar refractivity (Wildman–Crippen MR) is 78.2 cm³/mol. The topological polar surface area (TPSA) is 75.4 Å². The lowest BCUT2D eigenvalue weighted by molar-refractivity contribution is -0.138. The van der Waals surface area contributed by atoms with E-state index in [9.17, 15) is 19.1 Å². The Bertz CT molecular complexity index is 775. The zero-order chi connectivity index (χ0) is 15.7. The molecule has 0 spiro atoms. The molecule has 1 atom stereocenters. The average Bonchev–Trinajstić information content (AvgIpc) is 2.89. The molecule has 2 heterocycles. The van der Waals surface area contributed by atoms with Crippen molar-refractivity contribution in [3.8, 4) is 0 Å². The first-order valence-corrected chi connectivity index (χ1v) is 6.86. The molecule has 6 nitrogen and oxygen atoms in total. The number of halogens is 1. The fourth-order valence-electron chi connectivity index (χ4n) is 2.67. The largest absolute Gasteiger partial charge is 0.480 e. The smallest absolute Gasteiger partial charge is 0.327 e. The van der Waals surface area contributed by atoms with Crippen molar-refractivity contribution in [1.82, 2.24) is 9.78 Å². The van der Waals surface area contributed by atoms with Crippen molar-refractivity contribution in [1.29, 1.82) is 0 Å². The Labute approximate surface area is 125 Å². The molecule has 1 unspecified atom stereocenters. The number of carboxylic acid groups (broad SMARTS) is 1. The summed E-state index contributed by atoms with van der Waals surface area (Å²) >= 11 is 0. The molecule has 0 aliphatic carbocycles. The van der Waals surface area contributed by atoms with Crippen LogP contribution in [0.4, 0.5) is 15.9 Å². The average molecular weight is 303 g/mol. The van der Waals surface area contributed by atoms with Crippen LogP contribution in [-0.2, 0) is 17.8 Å². The highest BCUT2D eigenvalue weighted by Crippen LogP contribution is 2.36. The SMILES string of the molecule is O=C(O)C1Cc2ccccc2N1c1ccc(=O)n(CCF)n1. The molecule has 22 heavy (non-hydrogen) atoms. The number of hydrogen-bond acceptors (Lipinski definition) is 4. The van der Waals surface area contributed by atoms with Crippen molar-refractivity contribution in [3.63, 3.8) is 0 Å². The van der Waals surface area contributed by atoms with Gasteiger partial charge in [0.15, 0.2) is 5.82 Å². The Morgan fingerprint density at radius 2 is 2.09 bits per heavy atom. The number of hydrogen-bond donors (Lipinski definition) is 1. The highest BCUT2D eigenvalue weighted by atomic mass is 19.1. The quantitative estimate of drug-likeness (QED) is 0.923. The van der Waals surface area contributed by atoms with Crippen LogP contribution in [0.1, 0.15) is 5.56 Å². The molecule has 2 aromatic rings. The third kappa shape index (κ3) is 2.34. The molecular formula is C15H14FN3O3. The van der Waals surface area contributed by atoms with Gasteiger partial charge in [0.1, 0.15) is 12.7 Å². The normalized spacial score (nSPS) is 16.6. The van der Waals surface area contributed by atoms with Crippen LogP contribution in [0.15, 0.2) is 41.2 Å². The van der Waals surface area contributed by atoms with E-state index < -0.39 is 24.2 Å². The summed E-state index contributed by atoms with van der Waals surface area (Å²) in [6.07, 6.45) is 0.357. The van der Waals surface area contributed by atoms with E-state index in [2.05, 4.69) is 5.10 Å². The minimum absolute atomic E-state index is 0.153. The van der Waals surface area contributed by atoms with Gasteiger partial charge in [-0.1, -0.05) is 18.2 Å². The first-order chi connectivity index (χ1) is 10.6. The van der Waals surface area contributed by atoms with Crippen LogP contribution in [0.3, 0.4) is 0 Å². The molecule has 1 aromatic heterocycles. The van der Waals surface area contributed by atoms with Crippen LogP contribution >= 0.6 is 0 Å². The fraction of sp³-hybridized carbons (Fsp3) is 0.267. The van der Waals surface area contributed by atoms with Crippen LogP contribution in [0, 0.1) is 0 Å². The third-order valence-corrected chi connectivity index (χ3v) is 3.66. The van der Waals surface area contributed by atoms with E-state index in [-0.39, 0.29) is 6.54 Å². The Morgan fingerprint density at radius 3 is 2.82 bits per heavy atom. The van der Waals surface area contributed by atoms with Crippen molar-refractivity contribution >= 4 is 17.5 Å². The number of aryl methyl sites for hydroxylation is 1. The van der Waals surface area contributed by atoms with Crippen molar-refractivity contribution < 1.29 is 14.3 Å². The highest BCUT2D eigenvalue weighted by Gasteiger charge is 2.36. The molecule has 7 heteroatoms. The lowest BCUT2D eigenvalue weighted by Crippen LogP contribution is -2.37. The second-order valence-corrected chi connectivity index (χ2v) is 5.00. The number of rotatable bonds is 4. The molecule has 0 saturated heterocycles.